The number of nitrogens with one attached hydrogen (secondary N) is 1. The third kappa shape index (κ3) is 4.67. The number of halogens is 4. The molecule has 1 aliphatic heterocycles. The van der Waals surface area contributed by atoms with E-state index in [1.165, 1.54) is 4.90 Å². The summed E-state index contributed by atoms with van der Waals surface area (Å²) in [5, 5.41) is 2.03. The summed E-state index contributed by atoms with van der Waals surface area (Å²) in [7, 11) is 0. The molecule has 0 spiro atoms. The van der Waals surface area contributed by atoms with Crippen molar-refractivity contribution in [3.63, 3.8) is 0 Å². The van der Waals surface area contributed by atoms with Crippen molar-refractivity contribution in [3.05, 3.63) is 0 Å². The van der Waals surface area contributed by atoms with Crippen molar-refractivity contribution >= 4 is 27.7 Å². The summed E-state index contributed by atoms with van der Waals surface area (Å²) >= 11 is 3.08. The molecular formula is C11H16BrF3N2O2. The second kappa shape index (κ2) is 6.58. The Morgan fingerprint density at radius 3 is 2.47 bits per heavy atom. The fraction of sp³-hybridized carbons (Fsp3) is 0.818. The van der Waals surface area contributed by atoms with Crippen LogP contribution in [0.25, 0.3) is 0 Å². The van der Waals surface area contributed by atoms with E-state index in [0.29, 0.717) is 13.0 Å². The van der Waals surface area contributed by atoms with Gasteiger partial charge in [0.1, 0.15) is 12.3 Å². The Labute approximate surface area is 117 Å². The molecule has 2 amide bonds. The average Bonchev–Trinajstić information content (AvgIpc) is 2.78. The monoisotopic (exact) mass is 344 g/mol. The van der Waals surface area contributed by atoms with E-state index in [2.05, 4.69) is 15.9 Å². The molecule has 1 aliphatic rings. The highest BCUT2D eigenvalue weighted by Crippen LogP contribution is 2.27. The number of rotatable bonds is 4. The van der Waals surface area contributed by atoms with Crippen LogP contribution >= 0.6 is 15.9 Å². The summed E-state index contributed by atoms with van der Waals surface area (Å²) in [6.07, 6.45) is -3.71. The molecule has 0 aromatic rings. The molecule has 19 heavy (non-hydrogen) atoms. The van der Waals surface area contributed by atoms with Crippen LogP contribution in [0.2, 0.25) is 0 Å². The molecular weight excluding hydrogens is 329 g/mol. The summed E-state index contributed by atoms with van der Waals surface area (Å²) in [6.45, 7) is 1.06. The third-order valence-corrected chi connectivity index (χ3v) is 3.79. The van der Waals surface area contributed by atoms with Gasteiger partial charge in [-0.1, -0.05) is 29.3 Å². The lowest BCUT2D eigenvalue weighted by atomic mass is 9.91. The van der Waals surface area contributed by atoms with Crippen molar-refractivity contribution in [2.45, 2.75) is 19.5 Å². The van der Waals surface area contributed by atoms with Crippen LogP contribution in [0.15, 0.2) is 0 Å². The zero-order valence-electron chi connectivity index (χ0n) is 10.5. The van der Waals surface area contributed by atoms with Crippen LogP contribution in [0.1, 0.15) is 13.3 Å². The van der Waals surface area contributed by atoms with E-state index < -0.39 is 18.8 Å². The van der Waals surface area contributed by atoms with E-state index in [-0.39, 0.29) is 29.5 Å². The number of Topliss-reactive ketones (excluding diaryl/α,β-unsaturated/α-hetero) is 1. The highest BCUT2D eigenvalue weighted by molar-refractivity contribution is 9.09. The smallest absolute Gasteiger partial charge is 0.329 e. The van der Waals surface area contributed by atoms with E-state index >= 15 is 0 Å². The predicted molar refractivity (Wildman–Crippen MR) is 67.1 cm³/mol. The Bertz CT molecular complexity index is 349. The lowest BCUT2D eigenvalue weighted by molar-refractivity contribution is -0.123. The molecule has 110 valence electrons. The number of urea groups is 1. The molecule has 8 heteroatoms. The topological polar surface area (TPSA) is 49.4 Å². The Morgan fingerprint density at radius 1 is 1.37 bits per heavy atom. The third-order valence-electron chi connectivity index (χ3n) is 3.24. The van der Waals surface area contributed by atoms with Gasteiger partial charge in [-0.25, -0.2) is 4.79 Å². The van der Waals surface area contributed by atoms with Crippen LogP contribution in [-0.2, 0) is 4.79 Å². The summed E-state index contributed by atoms with van der Waals surface area (Å²) in [4.78, 5) is 24.6. The number of hydrogen-bond donors (Lipinski definition) is 1. The molecule has 0 bridgehead atoms. The first-order valence-electron chi connectivity index (χ1n) is 5.96. The lowest BCUT2D eigenvalue weighted by Gasteiger charge is -2.17. The zero-order chi connectivity index (χ0) is 14.6. The standard InChI is InChI=1S/C11H16BrF3N2O2/c1-2-7-4-17(5-8(7)9(18)3-12)10(19)16-6-11(13,14)15/h7-8H,2-6H2,1H3,(H,16,19)/t7-,8+/m0/s1. The van der Waals surface area contributed by atoms with Crippen molar-refractivity contribution in [1.82, 2.24) is 10.2 Å². The maximum Gasteiger partial charge on any atom is 0.405 e. The van der Waals surface area contributed by atoms with E-state index in [1.807, 2.05) is 12.2 Å². The van der Waals surface area contributed by atoms with E-state index in [1.54, 1.807) is 0 Å². The Balaban J connectivity index is 2.57. The summed E-state index contributed by atoms with van der Waals surface area (Å²) in [5.41, 5.74) is 0. The minimum absolute atomic E-state index is 0.0155. The van der Waals surface area contributed by atoms with Crippen molar-refractivity contribution in [1.29, 1.82) is 0 Å². The molecule has 1 heterocycles. The largest absolute Gasteiger partial charge is 0.405 e. The number of likely N-dealkylation sites (tertiary alicyclic amines) is 1. The number of alkyl halides is 4. The summed E-state index contributed by atoms with van der Waals surface area (Å²) in [5.74, 6) is -0.291. The van der Waals surface area contributed by atoms with Crippen molar-refractivity contribution < 1.29 is 22.8 Å². The van der Waals surface area contributed by atoms with Crippen molar-refractivity contribution in [2.75, 3.05) is 25.0 Å². The number of carbonyl (C=O) groups is 2. The van der Waals surface area contributed by atoms with Gasteiger partial charge in [-0.15, -0.1) is 0 Å². The van der Waals surface area contributed by atoms with Gasteiger partial charge in [0.2, 0.25) is 0 Å². The van der Waals surface area contributed by atoms with Crippen LogP contribution in [0, 0.1) is 11.8 Å². The van der Waals surface area contributed by atoms with Crippen LogP contribution in [-0.4, -0.2) is 47.9 Å². The molecule has 0 radical (unpaired) electrons. The predicted octanol–water partition coefficient (Wildman–Crippen LogP) is 2.18. The maximum absolute atomic E-state index is 12.0. The molecule has 1 rings (SSSR count). The molecule has 2 atom stereocenters. The van der Waals surface area contributed by atoms with E-state index in [9.17, 15) is 22.8 Å². The van der Waals surface area contributed by atoms with Crippen molar-refractivity contribution in [3.8, 4) is 0 Å². The molecule has 0 unspecified atom stereocenters. The summed E-state index contributed by atoms with van der Waals surface area (Å²) in [6, 6.07) is -0.763. The fourth-order valence-electron chi connectivity index (χ4n) is 2.20. The maximum atomic E-state index is 12.0. The van der Waals surface area contributed by atoms with E-state index in [4.69, 9.17) is 0 Å². The molecule has 1 saturated heterocycles. The second-order valence-electron chi connectivity index (χ2n) is 4.55. The normalized spacial score (nSPS) is 23.5. The Kier molecular flexibility index (Phi) is 5.64. The minimum atomic E-state index is -4.43. The van der Waals surface area contributed by atoms with Gasteiger partial charge in [0.15, 0.2) is 0 Å². The van der Waals surface area contributed by atoms with Crippen LogP contribution in [0.4, 0.5) is 18.0 Å². The van der Waals surface area contributed by atoms with Gasteiger partial charge >= 0.3 is 12.2 Å². The number of carbonyl (C=O) groups excluding carboxylic acids is 2. The van der Waals surface area contributed by atoms with E-state index in [0.717, 1.165) is 0 Å². The fourth-order valence-corrected chi connectivity index (χ4v) is 2.62. The molecule has 0 aromatic heterocycles. The van der Waals surface area contributed by atoms with Gasteiger partial charge in [-0.05, 0) is 5.92 Å². The van der Waals surface area contributed by atoms with Gasteiger partial charge in [0.25, 0.3) is 0 Å². The van der Waals surface area contributed by atoms with Gasteiger partial charge < -0.3 is 10.2 Å². The van der Waals surface area contributed by atoms with Gasteiger partial charge in [-0.3, -0.25) is 4.79 Å². The molecule has 1 fully saturated rings. The number of ketones is 1. The molecule has 4 nitrogen and oxygen atoms in total. The molecule has 0 aliphatic carbocycles. The molecule has 1 N–H and O–H groups in total. The number of hydrogen-bond acceptors (Lipinski definition) is 2. The molecule has 0 saturated carbocycles. The van der Waals surface area contributed by atoms with Crippen molar-refractivity contribution in [2.24, 2.45) is 11.8 Å². The highest BCUT2D eigenvalue weighted by atomic mass is 79.9. The summed E-state index contributed by atoms with van der Waals surface area (Å²) < 4.78 is 36.0. The van der Waals surface area contributed by atoms with Gasteiger partial charge in [0, 0.05) is 19.0 Å². The second-order valence-corrected chi connectivity index (χ2v) is 5.11. The Morgan fingerprint density at radius 2 is 2.00 bits per heavy atom. The quantitative estimate of drug-likeness (QED) is 0.794. The van der Waals surface area contributed by atoms with Crippen LogP contribution in [0.5, 0.6) is 0 Å². The first kappa shape index (κ1) is 16.3. The SMILES string of the molecule is CC[C@H]1CN(C(=O)NCC(F)(F)F)C[C@H]1C(=O)CBr. The number of amides is 2. The van der Waals surface area contributed by atoms with Crippen LogP contribution < -0.4 is 5.32 Å². The average molecular weight is 345 g/mol. The first-order chi connectivity index (χ1) is 8.78. The first-order valence-corrected chi connectivity index (χ1v) is 7.08. The number of nitrogens with zero attached hydrogens (tertiary/aromatic N) is 1. The zero-order valence-corrected chi connectivity index (χ0v) is 12.1. The van der Waals surface area contributed by atoms with Crippen LogP contribution in [0.3, 0.4) is 0 Å². The lowest BCUT2D eigenvalue weighted by Crippen LogP contribution is -2.43. The van der Waals surface area contributed by atoms with Gasteiger partial charge in [0.05, 0.1) is 5.33 Å². The minimum Gasteiger partial charge on any atom is -0.329 e. The Hall–Kier alpha value is -0.790. The molecule has 0 aromatic carbocycles. The van der Waals surface area contributed by atoms with Gasteiger partial charge in [-0.2, -0.15) is 13.2 Å². The highest BCUT2D eigenvalue weighted by Gasteiger charge is 2.38.